The van der Waals surface area contributed by atoms with E-state index in [1.807, 2.05) is 62.4 Å². The predicted octanol–water partition coefficient (Wildman–Crippen LogP) is 7.21. The Morgan fingerprint density at radius 2 is 1.41 bits per heavy atom. The Morgan fingerprint density at radius 1 is 0.804 bits per heavy atom. The van der Waals surface area contributed by atoms with Gasteiger partial charge in [-0.3, -0.25) is 13.9 Å². The fourth-order valence-electron chi connectivity index (χ4n) is 5.10. The molecule has 0 aliphatic carbocycles. The molecule has 0 fully saturated rings. The first kappa shape index (κ1) is 34.7. The lowest BCUT2D eigenvalue weighted by Crippen LogP contribution is -2.54. The summed E-state index contributed by atoms with van der Waals surface area (Å²) < 4.78 is 29.4. The van der Waals surface area contributed by atoms with Gasteiger partial charge in [0.15, 0.2) is 0 Å². The van der Waals surface area contributed by atoms with Crippen molar-refractivity contribution in [3.63, 3.8) is 0 Å². The normalized spacial score (nSPS) is 12.7. The van der Waals surface area contributed by atoms with Crippen LogP contribution in [0.4, 0.5) is 5.69 Å². The fraction of sp³-hybridized carbons (Fsp3) is 0.297. The van der Waals surface area contributed by atoms with Crippen LogP contribution in [0.5, 0.6) is 0 Å². The maximum Gasteiger partial charge on any atom is 0.264 e. The Labute approximate surface area is 278 Å². The van der Waals surface area contributed by atoms with Crippen LogP contribution in [-0.4, -0.2) is 43.8 Å². The molecule has 2 amide bonds. The number of carbonyl (C=O) groups is 2. The lowest BCUT2D eigenvalue weighted by molar-refractivity contribution is -0.140. The van der Waals surface area contributed by atoms with Crippen LogP contribution in [0.3, 0.4) is 0 Å². The van der Waals surface area contributed by atoms with Crippen molar-refractivity contribution in [1.82, 2.24) is 10.2 Å². The van der Waals surface area contributed by atoms with Crippen molar-refractivity contribution in [1.29, 1.82) is 0 Å². The Kier molecular flexibility index (Phi) is 12.0. The molecule has 4 aromatic rings. The molecule has 4 rings (SSSR count). The second-order valence-electron chi connectivity index (χ2n) is 11.7. The smallest absolute Gasteiger partial charge is 0.264 e. The molecular weight excluding hydrogens is 618 g/mol. The minimum atomic E-state index is -4.16. The van der Waals surface area contributed by atoms with Crippen LogP contribution in [0.25, 0.3) is 0 Å². The Hall–Kier alpha value is -4.14. The number of benzene rings is 4. The molecule has 4 aromatic carbocycles. The number of hydrogen-bond acceptors (Lipinski definition) is 4. The zero-order valence-electron chi connectivity index (χ0n) is 26.8. The molecule has 0 saturated carbocycles. The summed E-state index contributed by atoms with van der Waals surface area (Å²) in [5, 5.41) is 3.54. The van der Waals surface area contributed by atoms with Crippen LogP contribution in [0, 0.1) is 0 Å². The molecular formula is C37H42ClN3O4S. The van der Waals surface area contributed by atoms with Crippen LogP contribution < -0.4 is 9.62 Å². The van der Waals surface area contributed by atoms with E-state index < -0.39 is 28.5 Å². The number of amides is 2. The molecule has 0 aromatic heterocycles. The van der Waals surface area contributed by atoms with Gasteiger partial charge in [0, 0.05) is 24.0 Å². The van der Waals surface area contributed by atoms with Crippen molar-refractivity contribution in [2.24, 2.45) is 0 Å². The van der Waals surface area contributed by atoms with Crippen LogP contribution in [0.2, 0.25) is 5.02 Å². The number of nitrogens with one attached hydrogen (secondary N) is 1. The lowest BCUT2D eigenvalue weighted by atomic mass is 10.0. The molecule has 242 valence electrons. The molecule has 7 nitrogen and oxygen atoms in total. The minimum absolute atomic E-state index is 0.0519. The van der Waals surface area contributed by atoms with E-state index >= 15 is 0 Å². The first-order valence-corrected chi connectivity index (χ1v) is 17.4. The molecule has 0 spiro atoms. The van der Waals surface area contributed by atoms with Crippen LogP contribution >= 0.6 is 11.6 Å². The predicted molar refractivity (Wildman–Crippen MR) is 185 cm³/mol. The SMILES string of the molecule is CC[C@@H](C)NC(=O)[C@@H](Cc1ccccc1)N(Cc1cccc(Cl)c1)C(=O)CN(c1ccc(C(C)C)cc1)S(=O)(=O)c1ccccc1. The maximum atomic E-state index is 14.6. The lowest BCUT2D eigenvalue weighted by Gasteiger charge is -2.34. The van der Waals surface area contributed by atoms with Crippen LogP contribution in [0.1, 0.15) is 56.7 Å². The molecule has 0 radical (unpaired) electrons. The summed E-state index contributed by atoms with van der Waals surface area (Å²) in [4.78, 5) is 30.0. The Bertz CT molecular complexity index is 1700. The summed E-state index contributed by atoms with van der Waals surface area (Å²) >= 11 is 6.32. The van der Waals surface area contributed by atoms with Gasteiger partial charge in [-0.05, 0) is 72.4 Å². The van der Waals surface area contributed by atoms with Gasteiger partial charge in [0.2, 0.25) is 11.8 Å². The zero-order chi connectivity index (χ0) is 33.3. The highest BCUT2D eigenvalue weighted by Crippen LogP contribution is 2.27. The molecule has 2 atom stereocenters. The van der Waals surface area contributed by atoms with E-state index in [9.17, 15) is 18.0 Å². The second-order valence-corrected chi connectivity index (χ2v) is 14.0. The topological polar surface area (TPSA) is 86.8 Å². The van der Waals surface area contributed by atoms with Gasteiger partial charge >= 0.3 is 0 Å². The number of hydrogen-bond donors (Lipinski definition) is 1. The highest BCUT2D eigenvalue weighted by Gasteiger charge is 2.35. The van der Waals surface area contributed by atoms with Gasteiger partial charge in [-0.2, -0.15) is 0 Å². The standard InChI is InChI=1S/C37H42ClN3O4S/c1-5-28(4)39-37(43)35(24-29-13-8-6-9-14-29)40(25-30-15-12-16-32(38)23-30)36(42)26-41(33-21-19-31(20-22-33)27(2)3)46(44,45)34-17-10-7-11-18-34/h6-23,27-28,35H,5,24-26H2,1-4H3,(H,39,43)/t28-,35-/m1/s1. The van der Waals surface area contributed by atoms with Crippen molar-refractivity contribution in [2.75, 3.05) is 10.8 Å². The van der Waals surface area contributed by atoms with E-state index in [1.54, 1.807) is 48.5 Å². The molecule has 0 saturated heterocycles. The van der Waals surface area contributed by atoms with Gasteiger partial charge in [0.05, 0.1) is 10.6 Å². The molecule has 0 aliphatic heterocycles. The summed E-state index contributed by atoms with van der Waals surface area (Å²) in [6.07, 6.45) is 0.950. The average Bonchev–Trinajstić information content (AvgIpc) is 3.05. The van der Waals surface area contributed by atoms with E-state index in [0.717, 1.165) is 15.4 Å². The van der Waals surface area contributed by atoms with Crippen LogP contribution in [-0.2, 0) is 32.6 Å². The number of anilines is 1. The van der Waals surface area contributed by atoms with E-state index in [2.05, 4.69) is 19.2 Å². The fourth-order valence-corrected chi connectivity index (χ4v) is 6.75. The third-order valence-corrected chi connectivity index (χ3v) is 10.00. The highest BCUT2D eigenvalue weighted by molar-refractivity contribution is 7.92. The van der Waals surface area contributed by atoms with Crippen LogP contribution in [0.15, 0.2) is 114 Å². The Morgan fingerprint density at radius 3 is 2.00 bits per heavy atom. The zero-order valence-corrected chi connectivity index (χ0v) is 28.3. The van der Waals surface area contributed by atoms with Crippen molar-refractivity contribution >= 4 is 39.1 Å². The molecule has 0 heterocycles. The summed E-state index contributed by atoms with van der Waals surface area (Å²) in [5.74, 6) is -0.592. The molecule has 1 N–H and O–H groups in total. The monoisotopic (exact) mass is 659 g/mol. The minimum Gasteiger partial charge on any atom is -0.352 e. The number of halogens is 1. The summed E-state index contributed by atoms with van der Waals surface area (Å²) in [6, 6.07) is 30.8. The van der Waals surface area contributed by atoms with Gasteiger partial charge < -0.3 is 10.2 Å². The molecule has 46 heavy (non-hydrogen) atoms. The van der Waals surface area contributed by atoms with Gasteiger partial charge in [0.1, 0.15) is 12.6 Å². The van der Waals surface area contributed by atoms with Crippen molar-refractivity contribution in [3.05, 3.63) is 131 Å². The van der Waals surface area contributed by atoms with E-state index in [1.165, 1.54) is 17.0 Å². The van der Waals surface area contributed by atoms with Crippen molar-refractivity contribution in [3.8, 4) is 0 Å². The van der Waals surface area contributed by atoms with Crippen molar-refractivity contribution in [2.45, 2.75) is 70.0 Å². The third kappa shape index (κ3) is 8.98. The maximum absolute atomic E-state index is 14.6. The molecule has 9 heteroatoms. The van der Waals surface area contributed by atoms with Gasteiger partial charge in [-0.25, -0.2) is 8.42 Å². The molecule has 0 bridgehead atoms. The van der Waals surface area contributed by atoms with E-state index in [-0.39, 0.29) is 35.7 Å². The van der Waals surface area contributed by atoms with Gasteiger partial charge in [-0.1, -0.05) is 105 Å². The summed E-state index contributed by atoms with van der Waals surface area (Å²) in [5.41, 5.74) is 2.98. The molecule has 0 aliphatic rings. The number of carbonyl (C=O) groups excluding carboxylic acids is 2. The second kappa shape index (κ2) is 15.9. The number of sulfonamides is 1. The average molecular weight is 660 g/mol. The quantitative estimate of drug-likeness (QED) is 0.155. The van der Waals surface area contributed by atoms with Gasteiger partial charge in [0.25, 0.3) is 10.0 Å². The molecule has 0 unspecified atom stereocenters. The van der Waals surface area contributed by atoms with Crippen molar-refractivity contribution < 1.29 is 18.0 Å². The van der Waals surface area contributed by atoms with Gasteiger partial charge in [-0.15, -0.1) is 0 Å². The Balaban J connectivity index is 1.81. The summed E-state index contributed by atoms with van der Waals surface area (Å²) in [6.45, 7) is 7.54. The number of rotatable bonds is 14. The largest absolute Gasteiger partial charge is 0.352 e. The van der Waals surface area contributed by atoms with E-state index in [4.69, 9.17) is 11.6 Å². The first-order valence-electron chi connectivity index (χ1n) is 15.6. The third-order valence-electron chi connectivity index (χ3n) is 7.97. The first-order chi connectivity index (χ1) is 22.0. The van der Waals surface area contributed by atoms with E-state index in [0.29, 0.717) is 22.7 Å². The highest BCUT2D eigenvalue weighted by atomic mass is 35.5. The number of nitrogens with zero attached hydrogens (tertiary/aromatic N) is 2. The summed E-state index contributed by atoms with van der Waals surface area (Å²) in [7, 11) is -4.16.